The molecule has 0 atom stereocenters. The maximum absolute atomic E-state index is 12.2. The minimum Gasteiger partial charge on any atom is -0.258 e. The lowest BCUT2D eigenvalue weighted by Crippen LogP contribution is -2.11. The third-order valence-electron chi connectivity index (χ3n) is 1.78. The smallest absolute Gasteiger partial charge is 0.258 e. The molecule has 1 aromatic rings. The average molecular weight is 259 g/mol. The Morgan fingerprint density at radius 3 is 1.47 bits per heavy atom. The molecular formula is C8H3F6NO2. The minimum absolute atomic E-state index is 0.0508. The summed E-state index contributed by atoms with van der Waals surface area (Å²) >= 11 is 0. The van der Waals surface area contributed by atoms with E-state index in [1.54, 1.807) is 0 Å². The number of nitro groups is 1. The van der Waals surface area contributed by atoms with Crippen LogP contribution in [0.1, 0.15) is 11.1 Å². The van der Waals surface area contributed by atoms with E-state index in [2.05, 4.69) is 0 Å². The monoisotopic (exact) mass is 259 g/mol. The van der Waals surface area contributed by atoms with Gasteiger partial charge in [0.05, 0.1) is 16.1 Å². The van der Waals surface area contributed by atoms with Crippen molar-refractivity contribution in [1.29, 1.82) is 0 Å². The second-order valence-corrected chi connectivity index (χ2v) is 3.02. The van der Waals surface area contributed by atoms with Crippen molar-refractivity contribution in [3.05, 3.63) is 39.4 Å². The normalized spacial score (nSPS) is 12.6. The molecule has 3 nitrogen and oxygen atoms in total. The summed E-state index contributed by atoms with van der Waals surface area (Å²) in [5, 5.41) is 10.2. The number of hydrogen-bond acceptors (Lipinski definition) is 2. The van der Waals surface area contributed by atoms with Crippen molar-refractivity contribution in [2.75, 3.05) is 0 Å². The fourth-order valence-corrected chi connectivity index (χ4v) is 1.04. The molecule has 0 fully saturated rings. The van der Waals surface area contributed by atoms with E-state index in [4.69, 9.17) is 0 Å². The van der Waals surface area contributed by atoms with Crippen LogP contribution in [0.25, 0.3) is 0 Å². The highest BCUT2D eigenvalue weighted by Crippen LogP contribution is 2.37. The van der Waals surface area contributed by atoms with Gasteiger partial charge in [-0.3, -0.25) is 10.1 Å². The third kappa shape index (κ3) is 3.08. The first-order valence-electron chi connectivity index (χ1n) is 3.95. The van der Waals surface area contributed by atoms with Crippen LogP contribution in [0, 0.1) is 10.1 Å². The molecule has 0 amide bonds. The van der Waals surface area contributed by atoms with Gasteiger partial charge in [-0.05, 0) is 6.07 Å². The van der Waals surface area contributed by atoms with Crippen molar-refractivity contribution in [2.24, 2.45) is 0 Å². The molecule has 0 aliphatic rings. The molecule has 0 spiro atoms. The number of nitrogens with zero attached hydrogens (tertiary/aromatic N) is 1. The van der Waals surface area contributed by atoms with E-state index in [9.17, 15) is 36.5 Å². The lowest BCUT2D eigenvalue weighted by atomic mass is 10.1. The topological polar surface area (TPSA) is 43.1 Å². The number of hydrogen-bond donors (Lipinski definition) is 0. The molecule has 9 heteroatoms. The lowest BCUT2D eigenvalue weighted by molar-refractivity contribution is -0.385. The summed E-state index contributed by atoms with van der Waals surface area (Å²) in [6, 6.07) is -0.0719. The van der Waals surface area contributed by atoms with E-state index in [1.165, 1.54) is 0 Å². The van der Waals surface area contributed by atoms with Gasteiger partial charge in [-0.25, -0.2) is 0 Å². The van der Waals surface area contributed by atoms with Crippen LogP contribution in [-0.2, 0) is 12.4 Å². The van der Waals surface area contributed by atoms with Crippen molar-refractivity contribution < 1.29 is 31.3 Å². The lowest BCUT2D eigenvalue weighted by Gasteiger charge is -2.11. The van der Waals surface area contributed by atoms with Gasteiger partial charge in [0.25, 0.3) is 5.69 Å². The number of nitro benzene ring substituents is 1. The van der Waals surface area contributed by atoms with E-state index in [0.717, 1.165) is 0 Å². The van der Waals surface area contributed by atoms with Crippen molar-refractivity contribution in [3.8, 4) is 0 Å². The van der Waals surface area contributed by atoms with Crippen LogP contribution in [0.15, 0.2) is 18.2 Å². The molecular weight excluding hydrogens is 256 g/mol. The van der Waals surface area contributed by atoms with Gasteiger partial charge in [0.1, 0.15) is 0 Å². The molecule has 0 unspecified atom stereocenters. The van der Waals surface area contributed by atoms with Gasteiger partial charge >= 0.3 is 12.4 Å². The first-order valence-corrected chi connectivity index (χ1v) is 3.95. The minimum atomic E-state index is -5.08. The quantitative estimate of drug-likeness (QED) is 0.439. The molecule has 0 aromatic heterocycles. The molecule has 0 saturated heterocycles. The second kappa shape index (κ2) is 3.90. The Morgan fingerprint density at radius 2 is 1.24 bits per heavy atom. The highest BCUT2D eigenvalue weighted by Gasteiger charge is 2.38. The summed E-state index contributed by atoms with van der Waals surface area (Å²) < 4.78 is 73.3. The van der Waals surface area contributed by atoms with Gasteiger partial charge in [-0.2, -0.15) is 26.3 Å². The molecule has 1 rings (SSSR count). The summed E-state index contributed by atoms with van der Waals surface area (Å²) in [4.78, 5) is 8.92. The summed E-state index contributed by atoms with van der Waals surface area (Å²) in [6.45, 7) is 0. The Morgan fingerprint density at radius 1 is 0.882 bits per heavy atom. The largest absolute Gasteiger partial charge is 0.416 e. The predicted octanol–water partition coefficient (Wildman–Crippen LogP) is 3.63. The van der Waals surface area contributed by atoms with Crippen LogP contribution >= 0.6 is 0 Å². The summed E-state index contributed by atoms with van der Waals surface area (Å²) in [7, 11) is 0. The molecule has 0 aliphatic carbocycles. The summed E-state index contributed by atoms with van der Waals surface area (Å²) in [6.07, 6.45) is -10.2. The van der Waals surface area contributed by atoms with Gasteiger partial charge in [0.2, 0.25) is 0 Å². The van der Waals surface area contributed by atoms with Crippen molar-refractivity contribution in [3.63, 3.8) is 0 Å². The van der Waals surface area contributed by atoms with Crippen molar-refractivity contribution in [2.45, 2.75) is 12.4 Å². The van der Waals surface area contributed by atoms with Crippen LogP contribution in [0.4, 0.5) is 32.0 Å². The maximum atomic E-state index is 12.2. The summed E-state index contributed by atoms with van der Waals surface area (Å²) in [5.74, 6) is 0. The van der Waals surface area contributed by atoms with Gasteiger partial charge in [-0.1, -0.05) is 0 Å². The van der Waals surface area contributed by atoms with E-state index < -0.39 is 34.1 Å². The number of rotatable bonds is 1. The van der Waals surface area contributed by atoms with E-state index in [1.807, 2.05) is 0 Å². The number of halogens is 6. The number of benzene rings is 1. The van der Waals surface area contributed by atoms with Crippen LogP contribution in [0.3, 0.4) is 0 Å². The molecule has 0 bridgehead atoms. The van der Waals surface area contributed by atoms with Crippen LogP contribution in [0.5, 0.6) is 0 Å². The van der Waals surface area contributed by atoms with Crippen molar-refractivity contribution >= 4 is 5.69 Å². The second-order valence-electron chi connectivity index (χ2n) is 3.02. The fourth-order valence-electron chi connectivity index (χ4n) is 1.04. The molecule has 0 heterocycles. The van der Waals surface area contributed by atoms with Crippen molar-refractivity contribution in [1.82, 2.24) is 0 Å². The third-order valence-corrected chi connectivity index (χ3v) is 1.78. The average Bonchev–Trinajstić information content (AvgIpc) is 2.14. The van der Waals surface area contributed by atoms with Crippen LogP contribution in [0.2, 0.25) is 0 Å². The summed E-state index contributed by atoms with van der Waals surface area (Å²) in [5.41, 5.74) is -4.68. The molecule has 0 radical (unpaired) electrons. The van der Waals surface area contributed by atoms with Crippen LogP contribution < -0.4 is 0 Å². The zero-order valence-electron chi connectivity index (χ0n) is 7.76. The van der Waals surface area contributed by atoms with Crippen LogP contribution in [-0.4, -0.2) is 4.92 Å². The first kappa shape index (κ1) is 13.3. The van der Waals surface area contributed by atoms with E-state index in [-0.39, 0.29) is 18.2 Å². The van der Waals surface area contributed by atoms with E-state index in [0.29, 0.717) is 0 Å². The molecule has 0 aliphatic heterocycles. The standard InChI is InChI=1S/C8H3F6NO2/c9-7(10,11)4-1-5(8(12,13)14)3-6(2-4)15(16)17/h1-3H. The maximum Gasteiger partial charge on any atom is 0.416 e. The highest BCUT2D eigenvalue weighted by molar-refractivity contribution is 5.41. The van der Waals surface area contributed by atoms with Gasteiger partial charge in [0, 0.05) is 12.1 Å². The number of alkyl halides is 6. The Labute approximate surface area is 89.8 Å². The number of non-ortho nitro benzene ring substituents is 1. The van der Waals surface area contributed by atoms with E-state index >= 15 is 0 Å². The SMILES string of the molecule is O=[N+]([O-])c1cc(C(F)(F)F)cc(C(F)(F)F)c1. The molecule has 1 aromatic carbocycles. The zero-order chi connectivity index (χ0) is 13.4. The molecule has 0 N–H and O–H groups in total. The Kier molecular flexibility index (Phi) is 3.04. The highest BCUT2D eigenvalue weighted by atomic mass is 19.4. The molecule has 94 valence electrons. The van der Waals surface area contributed by atoms with Gasteiger partial charge in [0.15, 0.2) is 0 Å². The first-order chi connectivity index (χ1) is 7.51. The Balaban J connectivity index is 3.45. The predicted molar refractivity (Wildman–Crippen MR) is 43.1 cm³/mol. The molecule has 0 saturated carbocycles. The molecule has 17 heavy (non-hydrogen) atoms. The Bertz CT molecular complexity index is 418. The Hall–Kier alpha value is -1.80. The van der Waals surface area contributed by atoms with Gasteiger partial charge in [-0.15, -0.1) is 0 Å². The zero-order valence-corrected chi connectivity index (χ0v) is 7.76. The van der Waals surface area contributed by atoms with Gasteiger partial charge < -0.3 is 0 Å². The fraction of sp³-hybridized carbons (Fsp3) is 0.250.